The molecule has 5 heteroatoms. The standard InChI is InChI=1S/C13H13N5/c1-9-7-8-10(2)18(9)12-6-4-3-5-11(12)13-14-16-17-15-13/h3-8H,1-2H3,(H,14,15,16,17). The van der Waals surface area contributed by atoms with Crippen LogP contribution < -0.4 is 0 Å². The highest BCUT2D eigenvalue weighted by molar-refractivity contribution is 5.67. The summed E-state index contributed by atoms with van der Waals surface area (Å²) in [6.07, 6.45) is 0. The zero-order chi connectivity index (χ0) is 12.5. The molecule has 5 nitrogen and oxygen atoms in total. The predicted octanol–water partition coefficient (Wildman–Crippen LogP) is 2.27. The molecule has 0 atom stereocenters. The van der Waals surface area contributed by atoms with Gasteiger partial charge < -0.3 is 4.57 Å². The lowest BCUT2D eigenvalue weighted by Gasteiger charge is -2.12. The van der Waals surface area contributed by atoms with Crippen LogP contribution in [0.25, 0.3) is 17.1 Å². The van der Waals surface area contributed by atoms with Crippen LogP contribution in [0.4, 0.5) is 0 Å². The number of hydrogen-bond donors (Lipinski definition) is 1. The molecule has 0 amide bonds. The summed E-state index contributed by atoms with van der Waals surface area (Å²) in [5.74, 6) is 0.679. The second kappa shape index (κ2) is 4.10. The first-order valence-electron chi connectivity index (χ1n) is 5.76. The molecule has 0 aliphatic carbocycles. The van der Waals surface area contributed by atoms with Gasteiger partial charge in [0.25, 0.3) is 0 Å². The first kappa shape index (κ1) is 10.7. The van der Waals surface area contributed by atoms with Crippen LogP contribution in [0.15, 0.2) is 36.4 Å². The quantitative estimate of drug-likeness (QED) is 0.746. The molecule has 0 aliphatic heterocycles. The minimum atomic E-state index is 0.679. The normalized spacial score (nSPS) is 10.8. The highest BCUT2D eigenvalue weighted by atomic mass is 15.5. The number of aryl methyl sites for hydroxylation is 2. The topological polar surface area (TPSA) is 59.4 Å². The van der Waals surface area contributed by atoms with Gasteiger partial charge in [0.2, 0.25) is 0 Å². The van der Waals surface area contributed by atoms with Crippen LogP contribution in [0.2, 0.25) is 0 Å². The molecule has 0 radical (unpaired) electrons. The van der Waals surface area contributed by atoms with Crippen molar-refractivity contribution in [3.05, 3.63) is 47.8 Å². The minimum absolute atomic E-state index is 0.679. The molecule has 18 heavy (non-hydrogen) atoms. The third kappa shape index (κ3) is 1.60. The monoisotopic (exact) mass is 239 g/mol. The lowest BCUT2D eigenvalue weighted by Crippen LogP contribution is -2.01. The maximum absolute atomic E-state index is 3.99. The van der Waals surface area contributed by atoms with E-state index in [2.05, 4.69) is 57.2 Å². The van der Waals surface area contributed by atoms with Gasteiger partial charge in [0.1, 0.15) is 0 Å². The highest BCUT2D eigenvalue weighted by Gasteiger charge is 2.12. The second-order valence-corrected chi connectivity index (χ2v) is 4.22. The summed E-state index contributed by atoms with van der Waals surface area (Å²) in [7, 11) is 0. The largest absolute Gasteiger partial charge is 0.318 e. The summed E-state index contributed by atoms with van der Waals surface area (Å²) >= 11 is 0. The van der Waals surface area contributed by atoms with E-state index in [-0.39, 0.29) is 0 Å². The number of rotatable bonds is 2. The number of para-hydroxylation sites is 1. The van der Waals surface area contributed by atoms with E-state index >= 15 is 0 Å². The molecule has 3 aromatic rings. The van der Waals surface area contributed by atoms with E-state index in [9.17, 15) is 0 Å². The maximum Gasteiger partial charge on any atom is 0.181 e. The van der Waals surface area contributed by atoms with Gasteiger partial charge in [-0.15, -0.1) is 5.10 Å². The number of H-pyrrole nitrogens is 1. The Morgan fingerprint density at radius 2 is 1.72 bits per heavy atom. The number of benzene rings is 1. The van der Waals surface area contributed by atoms with Crippen molar-refractivity contribution in [2.45, 2.75) is 13.8 Å². The molecule has 0 saturated carbocycles. The fraction of sp³-hybridized carbons (Fsp3) is 0.154. The smallest absolute Gasteiger partial charge is 0.181 e. The van der Waals surface area contributed by atoms with E-state index in [1.807, 2.05) is 18.2 Å². The van der Waals surface area contributed by atoms with Crippen molar-refractivity contribution in [3.8, 4) is 17.1 Å². The molecule has 90 valence electrons. The van der Waals surface area contributed by atoms with Crippen molar-refractivity contribution in [1.29, 1.82) is 0 Å². The molecule has 0 fully saturated rings. The highest BCUT2D eigenvalue weighted by Crippen LogP contribution is 2.25. The van der Waals surface area contributed by atoms with E-state index in [1.165, 1.54) is 11.4 Å². The third-order valence-corrected chi connectivity index (χ3v) is 3.02. The van der Waals surface area contributed by atoms with Crippen LogP contribution in [-0.4, -0.2) is 25.2 Å². The minimum Gasteiger partial charge on any atom is -0.318 e. The van der Waals surface area contributed by atoms with Gasteiger partial charge >= 0.3 is 0 Å². The maximum atomic E-state index is 3.99. The first-order valence-corrected chi connectivity index (χ1v) is 5.76. The van der Waals surface area contributed by atoms with Crippen LogP contribution in [-0.2, 0) is 0 Å². The Morgan fingerprint density at radius 1 is 1.00 bits per heavy atom. The van der Waals surface area contributed by atoms with Crippen molar-refractivity contribution < 1.29 is 0 Å². The van der Waals surface area contributed by atoms with Gasteiger partial charge in [0.15, 0.2) is 5.82 Å². The first-order chi connectivity index (χ1) is 8.77. The summed E-state index contributed by atoms with van der Waals surface area (Å²) in [4.78, 5) is 0. The Labute approximate surface area is 104 Å². The molecule has 1 aromatic carbocycles. The summed E-state index contributed by atoms with van der Waals surface area (Å²) in [5, 5.41) is 14.1. The van der Waals surface area contributed by atoms with E-state index in [4.69, 9.17) is 0 Å². The van der Waals surface area contributed by atoms with Crippen molar-refractivity contribution in [2.75, 3.05) is 0 Å². The molecular formula is C13H13N5. The zero-order valence-electron chi connectivity index (χ0n) is 10.3. The number of hydrogen-bond acceptors (Lipinski definition) is 3. The summed E-state index contributed by atoms with van der Waals surface area (Å²) in [6.45, 7) is 4.17. The molecular weight excluding hydrogens is 226 g/mol. The number of nitrogens with zero attached hydrogens (tertiary/aromatic N) is 4. The Bertz CT molecular complexity index is 647. The fourth-order valence-corrected chi connectivity index (χ4v) is 2.19. The van der Waals surface area contributed by atoms with Crippen LogP contribution in [0.3, 0.4) is 0 Å². The van der Waals surface area contributed by atoms with Crippen LogP contribution in [0, 0.1) is 13.8 Å². The molecule has 0 spiro atoms. The van der Waals surface area contributed by atoms with Crippen LogP contribution in [0.1, 0.15) is 11.4 Å². The molecule has 2 aromatic heterocycles. The third-order valence-electron chi connectivity index (χ3n) is 3.02. The molecule has 2 heterocycles. The number of tetrazole rings is 1. The Balaban J connectivity index is 2.25. The summed E-state index contributed by atoms with van der Waals surface area (Å²) < 4.78 is 2.19. The molecule has 0 saturated heterocycles. The van der Waals surface area contributed by atoms with Crippen molar-refractivity contribution in [2.24, 2.45) is 0 Å². The van der Waals surface area contributed by atoms with Gasteiger partial charge in [0, 0.05) is 17.0 Å². The van der Waals surface area contributed by atoms with Crippen molar-refractivity contribution >= 4 is 0 Å². The number of aromatic nitrogens is 5. The lowest BCUT2D eigenvalue weighted by molar-refractivity contribution is 0.881. The Hall–Kier alpha value is -2.43. The summed E-state index contributed by atoms with van der Waals surface area (Å²) in [5.41, 5.74) is 4.45. The molecule has 3 rings (SSSR count). The van der Waals surface area contributed by atoms with Gasteiger partial charge in [-0.1, -0.05) is 12.1 Å². The predicted molar refractivity (Wildman–Crippen MR) is 68.4 cm³/mol. The Kier molecular flexibility index (Phi) is 2.44. The molecule has 1 N–H and O–H groups in total. The summed E-state index contributed by atoms with van der Waals surface area (Å²) in [6, 6.07) is 12.3. The van der Waals surface area contributed by atoms with Gasteiger partial charge in [0.05, 0.1) is 5.69 Å². The average Bonchev–Trinajstić information content (AvgIpc) is 3.00. The Morgan fingerprint density at radius 3 is 2.39 bits per heavy atom. The van der Waals surface area contributed by atoms with Gasteiger partial charge in [-0.3, -0.25) is 0 Å². The van der Waals surface area contributed by atoms with Crippen LogP contribution >= 0.6 is 0 Å². The van der Waals surface area contributed by atoms with Gasteiger partial charge in [-0.05, 0) is 48.5 Å². The van der Waals surface area contributed by atoms with Crippen molar-refractivity contribution in [1.82, 2.24) is 25.2 Å². The van der Waals surface area contributed by atoms with Gasteiger partial charge in [-0.2, -0.15) is 0 Å². The molecule has 0 aliphatic rings. The van der Waals surface area contributed by atoms with Gasteiger partial charge in [-0.25, -0.2) is 5.10 Å². The number of aromatic amines is 1. The molecule has 0 unspecified atom stereocenters. The fourth-order valence-electron chi connectivity index (χ4n) is 2.19. The van der Waals surface area contributed by atoms with E-state index in [1.54, 1.807) is 0 Å². The van der Waals surface area contributed by atoms with Crippen molar-refractivity contribution in [3.63, 3.8) is 0 Å². The van der Waals surface area contributed by atoms with Crippen LogP contribution in [0.5, 0.6) is 0 Å². The van der Waals surface area contributed by atoms with E-state index in [0.29, 0.717) is 5.82 Å². The average molecular weight is 239 g/mol. The second-order valence-electron chi connectivity index (χ2n) is 4.22. The SMILES string of the molecule is Cc1ccc(C)n1-c1ccccc1-c1nnn[nH]1. The zero-order valence-corrected chi connectivity index (χ0v) is 10.3. The molecule has 0 bridgehead atoms. The van der Waals surface area contributed by atoms with E-state index < -0.39 is 0 Å². The lowest BCUT2D eigenvalue weighted by atomic mass is 10.1. The van der Waals surface area contributed by atoms with E-state index in [0.717, 1.165) is 11.3 Å². The number of nitrogens with one attached hydrogen (secondary N) is 1.